The number of hydrogen-bond donors (Lipinski definition) is 0. The SMILES string of the molecule is CCOc1ccccc1C(=O)N(Cc1ccc(N(CC)CC)cc1)[C@H]1CCS(=O)(=O)C1. The van der Waals surface area contributed by atoms with E-state index in [4.69, 9.17) is 4.74 Å². The standard InChI is InChI=1S/C24H32N2O4S/c1-4-25(5-2)20-13-11-19(12-14-20)17-26(21-15-16-31(28,29)18-21)24(27)22-9-7-8-10-23(22)30-6-3/h7-14,21H,4-6,15-18H2,1-3H3/t21-/m0/s1. The van der Waals surface area contributed by atoms with Gasteiger partial charge in [-0.2, -0.15) is 0 Å². The summed E-state index contributed by atoms with van der Waals surface area (Å²) in [5.41, 5.74) is 2.58. The van der Waals surface area contributed by atoms with Gasteiger partial charge in [-0.25, -0.2) is 8.42 Å². The molecule has 1 aliphatic heterocycles. The number of sulfone groups is 1. The molecule has 1 saturated heterocycles. The lowest BCUT2D eigenvalue weighted by atomic mass is 10.1. The van der Waals surface area contributed by atoms with E-state index in [1.165, 1.54) is 0 Å². The van der Waals surface area contributed by atoms with Crippen LogP contribution in [0, 0.1) is 0 Å². The number of anilines is 1. The third kappa shape index (κ3) is 5.58. The van der Waals surface area contributed by atoms with Gasteiger partial charge < -0.3 is 14.5 Å². The van der Waals surface area contributed by atoms with Crippen LogP contribution in [0.5, 0.6) is 5.75 Å². The smallest absolute Gasteiger partial charge is 0.258 e. The maximum Gasteiger partial charge on any atom is 0.258 e. The lowest BCUT2D eigenvalue weighted by Gasteiger charge is -2.29. The average Bonchev–Trinajstić information content (AvgIpc) is 3.13. The molecule has 1 atom stereocenters. The second kappa shape index (κ2) is 10.2. The summed E-state index contributed by atoms with van der Waals surface area (Å²) < 4.78 is 29.9. The molecule has 0 spiro atoms. The normalized spacial score (nSPS) is 17.3. The van der Waals surface area contributed by atoms with Gasteiger partial charge in [0.2, 0.25) is 0 Å². The van der Waals surface area contributed by atoms with Crippen LogP contribution in [-0.2, 0) is 16.4 Å². The highest BCUT2D eigenvalue weighted by atomic mass is 32.2. The first kappa shape index (κ1) is 23.1. The summed E-state index contributed by atoms with van der Waals surface area (Å²) in [5, 5.41) is 0. The number of para-hydroxylation sites is 1. The van der Waals surface area contributed by atoms with E-state index in [1.54, 1.807) is 23.1 Å². The van der Waals surface area contributed by atoms with Crippen molar-refractivity contribution < 1.29 is 17.9 Å². The van der Waals surface area contributed by atoms with Crippen LogP contribution in [-0.4, -0.2) is 56.5 Å². The Morgan fingerprint density at radius 3 is 2.29 bits per heavy atom. The zero-order valence-corrected chi connectivity index (χ0v) is 19.4. The predicted molar refractivity (Wildman–Crippen MR) is 125 cm³/mol. The molecule has 0 saturated carbocycles. The number of hydrogen-bond acceptors (Lipinski definition) is 5. The van der Waals surface area contributed by atoms with Crippen LogP contribution in [0.1, 0.15) is 43.1 Å². The first-order valence-corrected chi connectivity index (χ1v) is 12.8. The van der Waals surface area contributed by atoms with E-state index in [2.05, 4.69) is 30.9 Å². The molecule has 0 N–H and O–H groups in total. The third-order valence-corrected chi connectivity index (χ3v) is 7.50. The minimum Gasteiger partial charge on any atom is -0.493 e. The Morgan fingerprint density at radius 2 is 1.71 bits per heavy atom. The molecule has 31 heavy (non-hydrogen) atoms. The van der Waals surface area contributed by atoms with Crippen molar-refractivity contribution in [2.24, 2.45) is 0 Å². The van der Waals surface area contributed by atoms with E-state index >= 15 is 0 Å². The van der Waals surface area contributed by atoms with Crippen molar-refractivity contribution in [3.05, 3.63) is 59.7 Å². The molecule has 1 amide bonds. The summed E-state index contributed by atoms with van der Waals surface area (Å²) in [7, 11) is -3.13. The highest BCUT2D eigenvalue weighted by Gasteiger charge is 2.35. The number of carbonyl (C=O) groups excluding carboxylic acids is 1. The van der Waals surface area contributed by atoms with Crippen LogP contribution in [0.25, 0.3) is 0 Å². The number of amides is 1. The number of nitrogens with zero attached hydrogens (tertiary/aromatic N) is 2. The van der Waals surface area contributed by atoms with Crippen molar-refractivity contribution in [2.45, 2.75) is 39.8 Å². The Hall–Kier alpha value is -2.54. The molecular formula is C24H32N2O4S. The summed E-state index contributed by atoms with van der Waals surface area (Å²) in [5.74, 6) is 0.458. The molecule has 0 aromatic heterocycles. The molecule has 2 aromatic rings. The minimum atomic E-state index is -3.13. The lowest BCUT2D eigenvalue weighted by molar-refractivity contribution is 0.0676. The predicted octanol–water partition coefficient (Wildman–Crippen LogP) is 3.76. The van der Waals surface area contributed by atoms with E-state index in [9.17, 15) is 13.2 Å². The quantitative estimate of drug-likeness (QED) is 0.589. The van der Waals surface area contributed by atoms with Crippen molar-refractivity contribution in [3.8, 4) is 5.75 Å². The van der Waals surface area contributed by atoms with Gasteiger partial charge in [-0.1, -0.05) is 24.3 Å². The fourth-order valence-corrected chi connectivity index (χ4v) is 5.80. The van der Waals surface area contributed by atoms with Crippen molar-refractivity contribution in [1.82, 2.24) is 4.90 Å². The largest absolute Gasteiger partial charge is 0.493 e. The summed E-state index contributed by atoms with van der Waals surface area (Å²) >= 11 is 0. The first-order valence-electron chi connectivity index (χ1n) is 11.0. The van der Waals surface area contributed by atoms with E-state index in [1.807, 2.05) is 25.1 Å². The molecular weight excluding hydrogens is 412 g/mol. The van der Waals surface area contributed by atoms with Gasteiger partial charge in [0, 0.05) is 31.4 Å². The van der Waals surface area contributed by atoms with Crippen molar-refractivity contribution in [3.63, 3.8) is 0 Å². The highest BCUT2D eigenvalue weighted by Crippen LogP contribution is 2.27. The molecule has 1 aliphatic rings. The molecule has 0 aliphatic carbocycles. The molecule has 0 bridgehead atoms. The van der Waals surface area contributed by atoms with Gasteiger partial charge in [0.15, 0.2) is 9.84 Å². The van der Waals surface area contributed by atoms with Crippen LogP contribution in [0.3, 0.4) is 0 Å². The number of carbonyl (C=O) groups is 1. The Balaban J connectivity index is 1.90. The van der Waals surface area contributed by atoms with E-state index in [0.717, 1.165) is 24.3 Å². The van der Waals surface area contributed by atoms with E-state index in [-0.39, 0.29) is 23.5 Å². The zero-order valence-electron chi connectivity index (χ0n) is 18.6. The van der Waals surface area contributed by atoms with Crippen molar-refractivity contribution in [1.29, 1.82) is 0 Å². The van der Waals surface area contributed by atoms with Crippen LogP contribution in [0.2, 0.25) is 0 Å². The summed E-state index contributed by atoms with van der Waals surface area (Å²) in [4.78, 5) is 17.5. The zero-order chi connectivity index (χ0) is 22.4. The first-order chi connectivity index (χ1) is 14.9. The summed E-state index contributed by atoms with van der Waals surface area (Å²) in [6, 6.07) is 15.0. The topological polar surface area (TPSA) is 66.9 Å². The average molecular weight is 445 g/mol. The van der Waals surface area contributed by atoms with E-state index < -0.39 is 9.84 Å². The third-order valence-electron chi connectivity index (χ3n) is 5.75. The maximum atomic E-state index is 13.6. The number of ether oxygens (including phenoxy) is 1. The van der Waals surface area contributed by atoms with Gasteiger partial charge in [0.05, 0.1) is 23.7 Å². The monoisotopic (exact) mass is 444 g/mol. The second-order valence-electron chi connectivity index (χ2n) is 7.76. The van der Waals surface area contributed by atoms with Crippen molar-refractivity contribution >= 4 is 21.4 Å². The van der Waals surface area contributed by atoms with Crippen molar-refractivity contribution in [2.75, 3.05) is 36.1 Å². The maximum absolute atomic E-state index is 13.6. The minimum absolute atomic E-state index is 0.00702. The molecule has 1 fully saturated rings. The Bertz CT molecular complexity index is 985. The van der Waals surface area contributed by atoms with Crippen LogP contribution < -0.4 is 9.64 Å². The molecule has 6 nitrogen and oxygen atoms in total. The van der Waals surface area contributed by atoms with Gasteiger partial charge in [0.1, 0.15) is 5.75 Å². The molecule has 168 valence electrons. The summed E-state index contributed by atoms with van der Waals surface area (Å²) in [6.45, 7) is 8.78. The fraction of sp³-hybridized carbons (Fsp3) is 0.458. The van der Waals surface area contributed by atoms with Crippen LogP contribution >= 0.6 is 0 Å². The van der Waals surface area contributed by atoms with Gasteiger partial charge in [-0.05, 0) is 57.0 Å². The summed E-state index contributed by atoms with van der Waals surface area (Å²) in [6.07, 6.45) is 0.461. The van der Waals surface area contributed by atoms with Gasteiger partial charge in [-0.15, -0.1) is 0 Å². The Kier molecular flexibility index (Phi) is 7.59. The molecule has 1 heterocycles. The van der Waals surface area contributed by atoms with Crippen LogP contribution in [0.15, 0.2) is 48.5 Å². The lowest BCUT2D eigenvalue weighted by Crippen LogP contribution is -2.40. The van der Waals surface area contributed by atoms with Gasteiger partial charge in [0.25, 0.3) is 5.91 Å². The molecule has 2 aromatic carbocycles. The number of benzene rings is 2. The molecule has 7 heteroatoms. The van der Waals surface area contributed by atoms with E-state index in [0.29, 0.717) is 30.9 Å². The van der Waals surface area contributed by atoms with Gasteiger partial charge in [-0.3, -0.25) is 4.79 Å². The Morgan fingerprint density at radius 1 is 1.03 bits per heavy atom. The van der Waals surface area contributed by atoms with Gasteiger partial charge >= 0.3 is 0 Å². The number of rotatable bonds is 9. The highest BCUT2D eigenvalue weighted by molar-refractivity contribution is 7.91. The Labute approximate surface area is 185 Å². The molecule has 0 unspecified atom stereocenters. The van der Waals surface area contributed by atoms with Crippen LogP contribution in [0.4, 0.5) is 5.69 Å². The molecule has 3 rings (SSSR count). The molecule has 0 radical (unpaired) electrons. The fourth-order valence-electron chi connectivity index (χ4n) is 4.06. The second-order valence-corrected chi connectivity index (χ2v) is 9.99.